The minimum Gasteiger partial charge on any atom is -0.390 e. The third-order valence-electron chi connectivity index (χ3n) is 3.13. The summed E-state index contributed by atoms with van der Waals surface area (Å²) in [6.45, 7) is 3.52. The maximum Gasteiger partial charge on any atom is 0.0839 e. The smallest absolute Gasteiger partial charge is 0.0839 e. The second kappa shape index (κ2) is 6.75. The maximum absolute atomic E-state index is 9.95. The van der Waals surface area contributed by atoms with Crippen molar-refractivity contribution >= 4 is 33.2 Å². The lowest BCUT2D eigenvalue weighted by molar-refractivity contribution is 0.135. The van der Waals surface area contributed by atoms with Crippen molar-refractivity contribution in [1.82, 2.24) is 4.90 Å². The van der Waals surface area contributed by atoms with Gasteiger partial charge in [-0.1, -0.05) is 11.6 Å². The van der Waals surface area contributed by atoms with E-state index < -0.39 is 0 Å². The van der Waals surface area contributed by atoms with Crippen LogP contribution in [0.2, 0.25) is 5.02 Å². The van der Waals surface area contributed by atoms with E-state index in [9.17, 15) is 5.11 Å². The fraction of sp³-hybridized carbons (Fsp3) is 0.538. The SMILES string of the molecule is OC(CNc1ccc(Br)c(Cl)c1)CN1CCCC1. The molecule has 0 spiro atoms. The van der Waals surface area contributed by atoms with E-state index in [0.717, 1.165) is 29.8 Å². The Morgan fingerprint density at radius 2 is 2.11 bits per heavy atom. The molecule has 1 unspecified atom stereocenters. The quantitative estimate of drug-likeness (QED) is 0.869. The van der Waals surface area contributed by atoms with Crippen molar-refractivity contribution in [3.8, 4) is 0 Å². The number of aliphatic hydroxyl groups is 1. The summed E-state index contributed by atoms with van der Waals surface area (Å²) in [4.78, 5) is 2.31. The molecule has 1 heterocycles. The summed E-state index contributed by atoms with van der Waals surface area (Å²) in [7, 11) is 0. The van der Waals surface area contributed by atoms with Crippen LogP contribution in [0.1, 0.15) is 12.8 Å². The highest BCUT2D eigenvalue weighted by Gasteiger charge is 2.15. The van der Waals surface area contributed by atoms with Crippen LogP contribution in [0.3, 0.4) is 0 Å². The van der Waals surface area contributed by atoms with E-state index in [1.807, 2.05) is 18.2 Å². The number of benzene rings is 1. The van der Waals surface area contributed by atoms with E-state index in [2.05, 4.69) is 26.1 Å². The van der Waals surface area contributed by atoms with E-state index in [-0.39, 0.29) is 6.10 Å². The monoisotopic (exact) mass is 332 g/mol. The highest BCUT2D eigenvalue weighted by atomic mass is 79.9. The van der Waals surface area contributed by atoms with Crippen LogP contribution < -0.4 is 5.32 Å². The summed E-state index contributed by atoms with van der Waals surface area (Å²) >= 11 is 9.36. The molecule has 1 aliphatic heterocycles. The number of anilines is 1. The molecule has 0 saturated carbocycles. The van der Waals surface area contributed by atoms with Crippen molar-refractivity contribution in [2.75, 3.05) is 31.5 Å². The Morgan fingerprint density at radius 1 is 1.39 bits per heavy atom. The summed E-state index contributed by atoms with van der Waals surface area (Å²) in [5, 5.41) is 13.8. The normalized spacial score (nSPS) is 17.9. The second-order valence-corrected chi connectivity index (χ2v) is 5.93. The molecule has 1 aliphatic rings. The Balaban J connectivity index is 1.77. The summed E-state index contributed by atoms with van der Waals surface area (Å²) < 4.78 is 0.882. The highest BCUT2D eigenvalue weighted by Crippen LogP contribution is 2.25. The van der Waals surface area contributed by atoms with Crippen molar-refractivity contribution in [2.45, 2.75) is 18.9 Å². The fourth-order valence-corrected chi connectivity index (χ4v) is 2.60. The topological polar surface area (TPSA) is 35.5 Å². The van der Waals surface area contributed by atoms with Gasteiger partial charge in [-0.3, -0.25) is 0 Å². The van der Waals surface area contributed by atoms with Crippen LogP contribution in [0.15, 0.2) is 22.7 Å². The number of hydrogen-bond acceptors (Lipinski definition) is 3. The molecule has 1 aromatic rings. The van der Waals surface area contributed by atoms with Gasteiger partial charge in [-0.15, -0.1) is 0 Å². The van der Waals surface area contributed by atoms with Gasteiger partial charge in [0.15, 0.2) is 0 Å². The van der Waals surface area contributed by atoms with Crippen LogP contribution in [0, 0.1) is 0 Å². The number of hydrogen-bond donors (Lipinski definition) is 2. The molecule has 18 heavy (non-hydrogen) atoms. The van der Waals surface area contributed by atoms with Gasteiger partial charge in [-0.25, -0.2) is 0 Å². The Kier molecular flexibility index (Phi) is 5.30. The maximum atomic E-state index is 9.95. The molecule has 2 N–H and O–H groups in total. The van der Waals surface area contributed by atoms with Crippen molar-refractivity contribution in [1.29, 1.82) is 0 Å². The van der Waals surface area contributed by atoms with Crippen molar-refractivity contribution < 1.29 is 5.11 Å². The first-order valence-electron chi connectivity index (χ1n) is 6.24. The number of halogens is 2. The third kappa shape index (κ3) is 4.12. The molecular formula is C13H18BrClN2O. The average Bonchev–Trinajstić information content (AvgIpc) is 2.83. The third-order valence-corrected chi connectivity index (χ3v) is 4.36. The Bertz CT molecular complexity index is 397. The van der Waals surface area contributed by atoms with E-state index >= 15 is 0 Å². The van der Waals surface area contributed by atoms with Gasteiger partial charge in [0.05, 0.1) is 11.1 Å². The van der Waals surface area contributed by atoms with Crippen molar-refractivity contribution in [3.63, 3.8) is 0 Å². The van der Waals surface area contributed by atoms with E-state index in [0.29, 0.717) is 11.6 Å². The number of rotatable bonds is 5. The zero-order valence-electron chi connectivity index (χ0n) is 10.2. The van der Waals surface area contributed by atoms with Crippen LogP contribution in [0.25, 0.3) is 0 Å². The Hall–Kier alpha value is -0.290. The van der Waals surface area contributed by atoms with Crippen LogP contribution in [0.5, 0.6) is 0 Å². The number of aliphatic hydroxyl groups excluding tert-OH is 1. The molecule has 3 nitrogen and oxygen atoms in total. The molecule has 5 heteroatoms. The van der Waals surface area contributed by atoms with Crippen molar-refractivity contribution in [2.24, 2.45) is 0 Å². The summed E-state index contributed by atoms with van der Waals surface area (Å²) in [5.74, 6) is 0. The zero-order chi connectivity index (χ0) is 13.0. The largest absolute Gasteiger partial charge is 0.390 e. The average molecular weight is 334 g/mol. The number of likely N-dealkylation sites (tertiary alicyclic amines) is 1. The highest BCUT2D eigenvalue weighted by molar-refractivity contribution is 9.10. The van der Waals surface area contributed by atoms with E-state index in [4.69, 9.17) is 11.6 Å². The molecule has 2 rings (SSSR count). The minimum absolute atomic E-state index is 0.342. The molecule has 1 saturated heterocycles. The molecule has 1 fully saturated rings. The summed E-state index contributed by atoms with van der Waals surface area (Å²) in [6.07, 6.45) is 2.16. The lowest BCUT2D eigenvalue weighted by atomic mass is 10.3. The van der Waals surface area contributed by atoms with Crippen LogP contribution in [0.4, 0.5) is 5.69 Å². The van der Waals surface area contributed by atoms with Crippen LogP contribution >= 0.6 is 27.5 Å². The molecule has 0 aromatic heterocycles. The minimum atomic E-state index is -0.342. The second-order valence-electron chi connectivity index (χ2n) is 4.67. The van der Waals surface area contributed by atoms with Gasteiger partial charge in [0.25, 0.3) is 0 Å². The molecular weight excluding hydrogens is 316 g/mol. The first-order valence-corrected chi connectivity index (χ1v) is 7.41. The van der Waals surface area contributed by atoms with E-state index in [1.165, 1.54) is 12.8 Å². The standard InChI is InChI=1S/C13H18BrClN2O/c14-12-4-3-10(7-13(12)15)16-8-11(18)9-17-5-1-2-6-17/h3-4,7,11,16,18H,1-2,5-6,8-9H2. The van der Waals surface area contributed by atoms with Crippen molar-refractivity contribution in [3.05, 3.63) is 27.7 Å². The molecule has 0 bridgehead atoms. The predicted octanol–water partition coefficient (Wildman–Crippen LogP) is 2.97. The molecule has 1 atom stereocenters. The van der Waals surface area contributed by atoms with E-state index in [1.54, 1.807) is 0 Å². The first-order chi connectivity index (χ1) is 8.65. The summed E-state index contributed by atoms with van der Waals surface area (Å²) in [5.41, 5.74) is 0.934. The van der Waals surface area contributed by atoms with Gasteiger partial charge in [-0.05, 0) is 60.1 Å². The lowest BCUT2D eigenvalue weighted by Gasteiger charge is -2.20. The zero-order valence-corrected chi connectivity index (χ0v) is 12.5. The van der Waals surface area contributed by atoms with Gasteiger partial charge in [0.1, 0.15) is 0 Å². The van der Waals surface area contributed by atoms with Crippen LogP contribution in [-0.2, 0) is 0 Å². The molecule has 1 aromatic carbocycles. The van der Waals surface area contributed by atoms with Gasteiger partial charge >= 0.3 is 0 Å². The Labute approximate surface area is 121 Å². The molecule has 100 valence electrons. The van der Waals surface area contributed by atoms with Gasteiger partial charge in [0.2, 0.25) is 0 Å². The van der Waals surface area contributed by atoms with Gasteiger partial charge in [-0.2, -0.15) is 0 Å². The van der Waals surface area contributed by atoms with Gasteiger partial charge in [0, 0.05) is 23.2 Å². The number of nitrogens with zero attached hydrogens (tertiary/aromatic N) is 1. The Morgan fingerprint density at radius 3 is 2.78 bits per heavy atom. The van der Waals surface area contributed by atoms with Crippen LogP contribution in [-0.4, -0.2) is 42.3 Å². The number of β-amino-alcohol motifs (C(OH)–C–C–N with tert-alkyl or cyclic N) is 1. The molecule has 0 amide bonds. The number of nitrogens with one attached hydrogen (secondary N) is 1. The first kappa shape index (κ1) is 14.1. The fourth-order valence-electron chi connectivity index (χ4n) is 2.17. The predicted molar refractivity (Wildman–Crippen MR) is 79.3 cm³/mol. The summed E-state index contributed by atoms with van der Waals surface area (Å²) in [6, 6.07) is 5.70. The van der Waals surface area contributed by atoms with Gasteiger partial charge < -0.3 is 15.3 Å². The molecule has 0 radical (unpaired) electrons. The lowest BCUT2D eigenvalue weighted by Crippen LogP contribution is -2.34. The molecule has 0 aliphatic carbocycles.